The smallest absolute Gasteiger partial charge is 0.418 e. The molecule has 1 heterocycles. The summed E-state index contributed by atoms with van der Waals surface area (Å²) in [6.07, 6.45) is -6.76. The van der Waals surface area contributed by atoms with E-state index < -0.39 is 88.0 Å². The number of nitrogens with one attached hydrogen (secondary N) is 1. The first-order valence-electron chi connectivity index (χ1n) is 9.12. The van der Waals surface area contributed by atoms with Gasteiger partial charge in [0.05, 0.1) is 28.5 Å². The van der Waals surface area contributed by atoms with Gasteiger partial charge in [-0.25, -0.2) is 8.78 Å². The zero-order valence-corrected chi connectivity index (χ0v) is 17.4. The molecule has 0 amide bonds. The van der Waals surface area contributed by atoms with Gasteiger partial charge in [-0.05, 0) is 26.0 Å². The molecule has 0 saturated carbocycles. The lowest BCUT2D eigenvalue weighted by Gasteiger charge is -2.56. The molecule has 1 aromatic carbocycles. The zero-order chi connectivity index (χ0) is 24.8. The third-order valence-corrected chi connectivity index (χ3v) is 6.55. The summed E-state index contributed by atoms with van der Waals surface area (Å²) in [6.45, 7) is 0.336. The number of halogens is 6. The summed E-state index contributed by atoms with van der Waals surface area (Å²) >= 11 is 5.68. The molecule has 4 N–H and O–H groups in total. The van der Waals surface area contributed by atoms with Crippen LogP contribution in [-0.4, -0.2) is 52.0 Å². The van der Waals surface area contributed by atoms with Gasteiger partial charge in [-0.3, -0.25) is 14.4 Å². The molecule has 5 unspecified atom stereocenters. The van der Waals surface area contributed by atoms with Crippen LogP contribution >= 0.6 is 11.6 Å². The van der Waals surface area contributed by atoms with Gasteiger partial charge in [-0.15, -0.1) is 0 Å². The molecular formula is C19H19ClF5NO6. The number of aliphatic carboxylic acids is 3. The standard InChI is InChI=1S/C19H19ClF5NO6/c1-7-18(16(31)32,5-11(27)28)14(17(2,15(29)30)10(6-21)26-7)12-9(22)4-3-8(20)13(12)19(23,24)25/h3-4,7,10,14,26H,5-6H2,1-2H3,(H,27,28)(H,29,30)(H,31,32). The molecule has 0 aromatic heterocycles. The first kappa shape index (κ1) is 25.8. The van der Waals surface area contributed by atoms with Gasteiger partial charge in [0.1, 0.15) is 17.9 Å². The van der Waals surface area contributed by atoms with Crippen molar-refractivity contribution in [3.05, 3.63) is 34.1 Å². The molecule has 178 valence electrons. The van der Waals surface area contributed by atoms with Gasteiger partial charge in [0.15, 0.2) is 0 Å². The van der Waals surface area contributed by atoms with Gasteiger partial charge in [0, 0.05) is 17.5 Å². The third-order valence-electron chi connectivity index (χ3n) is 6.23. The van der Waals surface area contributed by atoms with Gasteiger partial charge in [-0.1, -0.05) is 11.6 Å². The quantitative estimate of drug-likeness (QED) is 0.452. The Morgan fingerprint density at radius 2 is 1.72 bits per heavy atom. The van der Waals surface area contributed by atoms with Crippen LogP contribution in [0.1, 0.15) is 37.3 Å². The second-order valence-electron chi connectivity index (χ2n) is 7.85. The Morgan fingerprint density at radius 1 is 1.16 bits per heavy atom. The average Bonchev–Trinajstić information content (AvgIpc) is 2.64. The van der Waals surface area contributed by atoms with Crippen LogP contribution < -0.4 is 5.32 Å². The van der Waals surface area contributed by atoms with Crippen molar-refractivity contribution < 1.29 is 51.7 Å². The molecule has 0 bridgehead atoms. The summed E-state index contributed by atoms with van der Waals surface area (Å²) in [7, 11) is 0. The van der Waals surface area contributed by atoms with Gasteiger partial charge >= 0.3 is 24.1 Å². The molecule has 5 atom stereocenters. The van der Waals surface area contributed by atoms with Crippen molar-refractivity contribution in [2.45, 2.75) is 44.4 Å². The van der Waals surface area contributed by atoms with Crippen molar-refractivity contribution in [1.29, 1.82) is 0 Å². The number of hydrogen-bond donors (Lipinski definition) is 4. The highest BCUT2D eigenvalue weighted by Gasteiger charge is 2.68. The molecule has 0 spiro atoms. The number of carboxylic acid groups (broad SMARTS) is 3. The lowest BCUT2D eigenvalue weighted by Crippen LogP contribution is -2.70. The monoisotopic (exact) mass is 487 g/mol. The van der Waals surface area contributed by atoms with E-state index in [0.717, 1.165) is 13.8 Å². The van der Waals surface area contributed by atoms with Crippen molar-refractivity contribution in [3.63, 3.8) is 0 Å². The van der Waals surface area contributed by atoms with E-state index in [4.69, 9.17) is 11.6 Å². The van der Waals surface area contributed by atoms with Crippen molar-refractivity contribution in [3.8, 4) is 0 Å². The highest BCUT2D eigenvalue weighted by Crippen LogP contribution is 2.59. The number of benzene rings is 1. The third kappa shape index (κ3) is 3.79. The van der Waals surface area contributed by atoms with Crippen molar-refractivity contribution >= 4 is 29.5 Å². The molecule has 0 aliphatic carbocycles. The first-order chi connectivity index (χ1) is 14.6. The summed E-state index contributed by atoms with van der Waals surface area (Å²) in [4.78, 5) is 36.4. The van der Waals surface area contributed by atoms with Crippen LogP contribution in [0.15, 0.2) is 12.1 Å². The molecular weight excluding hydrogens is 469 g/mol. The molecule has 0 radical (unpaired) electrons. The van der Waals surface area contributed by atoms with E-state index in [1.165, 1.54) is 0 Å². The van der Waals surface area contributed by atoms with Gasteiger partial charge in [0.25, 0.3) is 0 Å². The summed E-state index contributed by atoms with van der Waals surface area (Å²) in [5.41, 5.74) is -8.83. The SMILES string of the molecule is CC1NC(CF)C(C)(C(=O)O)C(c2c(F)ccc(Cl)c2C(F)(F)F)C1(CC(=O)O)C(=O)O. The normalized spacial score (nSPS) is 30.7. The number of rotatable bonds is 6. The number of alkyl halides is 4. The highest BCUT2D eigenvalue weighted by molar-refractivity contribution is 6.31. The van der Waals surface area contributed by atoms with Crippen LogP contribution in [0.5, 0.6) is 0 Å². The summed E-state index contributed by atoms with van der Waals surface area (Å²) in [6, 6.07) is -2.31. The molecule has 1 aliphatic heterocycles. The zero-order valence-electron chi connectivity index (χ0n) is 16.6. The topological polar surface area (TPSA) is 124 Å². The van der Waals surface area contributed by atoms with Crippen LogP contribution in [-0.2, 0) is 20.6 Å². The Bertz CT molecular complexity index is 957. The number of piperidine rings is 1. The minimum absolute atomic E-state index is 0.486. The van der Waals surface area contributed by atoms with E-state index in [0.29, 0.717) is 12.1 Å². The van der Waals surface area contributed by atoms with E-state index in [2.05, 4.69) is 5.32 Å². The molecule has 1 fully saturated rings. The molecule has 1 aliphatic rings. The molecule has 1 aromatic rings. The number of carboxylic acids is 3. The van der Waals surface area contributed by atoms with E-state index in [1.54, 1.807) is 0 Å². The number of hydrogen-bond acceptors (Lipinski definition) is 4. The average molecular weight is 488 g/mol. The fourth-order valence-electron chi connectivity index (χ4n) is 4.67. The maximum atomic E-state index is 15.0. The second kappa shape index (κ2) is 8.47. The Hall–Kier alpha value is -2.47. The van der Waals surface area contributed by atoms with E-state index in [1.807, 2.05) is 0 Å². The maximum absolute atomic E-state index is 15.0. The fraction of sp³-hybridized carbons (Fsp3) is 0.526. The summed E-state index contributed by atoms with van der Waals surface area (Å²) < 4.78 is 70.8. The van der Waals surface area contributed by atoms with Crippen molar-refractivity contribution in [1.82, 2.24) is 5.32 Å². The molecule has 7 nitrogen and oxygen atoms in total. The van der Waals surface area contributed by atoms with Gasteiger partial charge in [-0.2, -0.15) is 13.2 Å². The van der Waals surface area contributed by atoms with Crippen LogP contribution in [0.2, 0.25) is 5.02 Å². The summed E-state index contributed by atoms with van der Waals surface area (Å²) in [5, 5.41) is 30.7. The predicted octanol–water partition coefficient (Wildman–Crippen LogP) is 3.55. The minimum Gasteiger partial charge on any atom is -0.481 e. The molecule has 1 saturated heterocycles. The van der Waals surface area contributed by atoms with Crippen LogP contribution in [0.25, 0.3) is 0 Å². The molecule has 13 heteroatoms. The van der Waals surface area contributed by atoms with Crippen molar-refractivity contribution in [2.75, 3.05) is 6.67 Å². The molecule has 2 rings (SSSR count). The predicted molar refractivity (Wildman–Crippen MR) is 99.6 cm³/mol. The van der Waals surface area contributed by atoms with Gasteiger partial charge < -0.3 is 20.6 Å². The van der Waals surface area contributed by atoms with Crippen LogP contribution in [0.4, 0.5) is 22.0 Å². The van der Waals surface area contributed by atoms with Crippen LogP contribution in [0.3, 0.4) is 0 Å². The lowest BCUT2D eigenvalue weighted by molar-refractivity contribution is -0.178. The lowest BCUT2D eigenvalue weighted by atomic mass is 9.50. The van der Waals surface area contributed by atoms with E-state index in [-0.39, 0.29) is 0 Å². The Morgan fingerprint density at radius 3 is 2.12 bits per heavy atom. The largest absolute Gasteiger partial charge is 0.481 e. The Balaban J connectivity index is 3.16. The summed E-state index contributed by atoms with van der Waals surface area (Å²) in [5.74, 6) is -9.88. The van der Waals surface area contributed by atoms with E-state index >= 15 is 4.39 Å². The fourth-order valence-corrected chi connectivity index (χ4v) is 4.94. The van der Waals surface area contributed by atoms with Crippen molar-refractivity contribution in [2.24, 2.45) is 10.8 Å². The maximum Gasteiger partial charge on any atom is 0.418 e. The van der Waals surface area contributed by atoms with Crippen LogP contribution in [0, 0.1) is 16.6 Å². The Labute approximate surface area is 183 Å². The highest BCUT2D eigenvalue weighted by atomic mass is 35.5. The number of carbonyl (C=O) groups is 3. The molecule has 32 heavy (non-hydrogen) atoms. The second-order valence-corrected chi connectivity index (χ2v) is 8.25. The van der Waals surface area contributed by atoms with E-state index in [9.17, 15) is 47.3 Å². The first-order valence-corrected chi connectivity index (χ1v) is 9.50. The van der Waals surface area contributed by atoms with Gasteiger partial charge in [0.2, 0.25) is 0 Å². The Kier molecular flexibility index (Phi) is 6.82. The minimum atomic E-state index is -5.37.